The second kappa shape index (κ2) is 4.13. The molecule has 0 spiro atoms. The number of ketones is 1. The van der Waals surface area contributed by atoms with E-state index in [4.69, 9.17) is 4.74 Å². The van der Waals surface area contributed by atoms with Crippen LogP contribution in [0, 0.1) is 5.92 Å². The van der Waals surface area contributed by atoms with Gasteiger partial charge in [0.15, 0.2) is 5.78 Å². The largest absolute Gasteiger partial charge is 0.501 e. The zero-order valence-electron chi connectivity index (χ0n) is 8.58. The molecule has 0 bridgehead atoms. The van der Waals surface area contributed by atoms with Gasteiger partial charge in [0.1, 0.15) is 0 Å². The van der Waals surface area contributed by atoms with E-state index in [0.29, 0.717) is 11.8 Å². The van der Waals surface area contributed by atoms with Crippen LogP contribution in [0.3, 0.4) is 0 Å². The van der Waals surface area contributed by atoms with Crippen LogP contribution in [-0.4, -0.2) is 25.0 Å². The van der Waals surface area contributed by atoms with Crippen molar-refractivity contribution in [1.29, 1.82) is 0 Å². The average Bonchev–Trinajstić information content (AvgIpc) is 2.65. The third-order valence-corrected chi connectivity index (χ3v) is 3.11. The van der Waals surface area contributed by atoms with E-state index < -0.39 is 0 Å². The van der Waals surface area contributed by atoms with Crippen LogP contribution in [0.15, 0.2) is 11.8 Å². The standard InChI is InChI=1S/C11H17NO2/c1-8-10(4-5-12-8)11(13)9-3-2-6-14-7-9/h7-8,10,12H,2-6H2,1H3. The summed E-state index contributed by atoms with van der Waals surface area (Å²) in [5.74, 6) is 0.463. The molecule has 0 aromatic heterocycles. The Labute approximate surface area is 84.5 Å². The highest BCUT2D eigenvalue weighted by Crippen LogP contribution is 2.23. The van der Waals surface area contributed by atoms with E-state index in [1.807, 2.05) is 0 Å². The van der Waals surface area contributed by atoms with Crippen molar-refractivity contribution < 1.29 is 9.53 Å². The molecule has 78 valence electrons. The number of ether oxygens (including phenoxy) is 1. The third kappa shape index (κ3) is 1.82. The van der Waals surface area contributed by atoms with Gasteiger partial charge < -0.3 is 10.1 Å². The highest BCUT2D eigenvalue weighted by atomic mass is 16.5. The zero-order chi connectivity index (χ0) is 9.97. The Hall–Kier alpha value is -0.830. The second-order valence-electron chi connectivity index (χ2n) is 4.12. The molecule has 1 fully saturated rings. The van der Waals surface area contributed by atoms with Crippen LogP contribution in [0.25, 0.3) is 0 Å². The van der Waals surface area contributed by atoms with Crippen molar-refractivity contribution >= 4 is 5.78 Å². The third-order valence-electron chi connectivity index (χ3n) is 3.11. The fourth-order valence-electron chi connectivity index (χ4n) is 2.20. The first kappa shape index (κ1) is 9.71. The molecule has 3 nitrogen and oxygen atoms in total. The first-order chi connectivity index (χ1) is 6.79. The number of rotatable bonds is 2. The second-order valence-corrected chi connectivity index (χ2v) is 4.12. The van der Waals surface area contributed by atoms with E-state index in [0.717, 1.165) is 38.0 Å². The number of carbonyl (C=O) groups excluding carboxylic acids is 1. The maximum absolute atomic E-state index is 12.0. The van der Waals surface area contributed by atoms with E-state index in [1.165, 1.54) is 0 Å². The van der Waals surface area contributed by atoms with Gasteiger partial charge in [0.05, 0.1) is 12.9 Å². The quantitative estimate of drug-likeness (QED) is 0.720. The van der Waals surface area contributed by atoms with Crippen LogP contribution < -0.4 is 5.32 Å². The summed E-state index contributed by atoms with van der Waals surface area (Å²) in [6, 6.07) is 0.324. The monoisotopic (exact) mass is 195 g/mol. The van der Waals surface area contributed by atoms with Crippen molar-refractivity contribution in [2.75, 3.05) is 13.2 Å². The van der Waals surface area contributed by atoms with Crippen molar-refractivity contribution in [2.45, 2.75) is 32.2 Å². The Kier molecular flexibility index (Phi) is 2.87. The van der Waals surface area contributed by atoms with Crippen LogP contribution in [0.5, 0.6) is 0 Å². The van der Waals surface area contributed by atoms with Gasteiger partial charge in [-0.2, -0.15) is 0 Å². The van der Waals surface area contributed by atoms with Gasteiger partial charge >= 0.3 is 0 Å². The minimum atomic E-state index is 0.169. The van der Waals surface area contributed by atoms with Gasteiger partial charge in [-0.25, -0.2) is 0 Å². The van der Waals surface area contributed by atoms with Crippen LogP contribution in [0.4, 0.5) is 0 Å². The summed E-state index contributed by atoms with van der Waals surface area (Å²) in [4.78, 5) is 12.0. The molecule has 2 aliphatic heterocycles. The summed E-state index contributed by atoms with van der Waals surface area (Å²) in [5.41, 5.74) is 0.886. The van der Waals surface area contributed by atoms with Gasteiger partial charge in [-0.3, -0.25) is 4.79 Å². The molecule has 0 aliphatic carbocycles. The number of carbonyl (C=O) groups is 1. The maximum atomic E-state index is 12.0. The van der Waals surface area contributed by atoms with E-state index in [2.05, 4.69) is 12.2 Å². The lowest BCUT2D eigenvalue weighted by molar-refractivity contribution is -0.119. The Bertz CT molecular complexity index is 260. The Balaban J connectivity index is 2.03. The summed E-state index contributed by atoms with van der Waals surface area (Å²) in [6.45, 7) is 3.81. The van der Waals surface area contributed by atoms with Crippen LogP contribution in [-0.2, 0) is 9.53 Å². The molecule has 0 radical (unpaired) electrons. The zero-order valence-corrected chi connectivity index (χ0v) is 8.58. The van der Waals surface area contributed by atoms with Crippen molar-refractivity contribution in [3.8, 4) is 0 Å². The fourth-order valence-corrected chi connectivity index (χ4v) is 2.20. The molecule has 1 saturated heterocycles. The first-order valence-electron chi connectivity index (χ1n) is 5.37. The van der Waals surface area contributed by atoms with Crippen molar-refractivity contribution in [3.05, 3.63) is 11.8 Å². The molecule has 1 N–H and O–H groups in total. The SMILES string of the molecule is CC1NCCC1C(=O)C1=COCCC1. The Morgan fingerprint density at radius 1 is 1.64 bits per heavy atom. The molecule has 3 heteroatoms. The van der Waals surface area contributed by atoms with Crippen molar-refractivity contribution in [3.63, 3.8) is 0 Å². The molecule has 0 aromatic rings. The molecule has 0 amide bonds. The highest BCUT2D eigenvalue weighted by Gasteiger charge is 2.31. The van der Waals surface area contributed by atoms with Gasteiger partial charge in [0.2, 0.25) is 0 Å². The topological polar surface area (TPSA) is 38.3 Å². The lowest BCUT2D eigenvalue weighted by Gasteiger charge is -2.18. The number of nitrogens with one attached hydrogen (secondary N) is 1. The number of hydrogen-bond acceptors (Lipinski definition) is 3. The van der Waals surface area contributed by atoms with Crippen LogP contribution in [0.1, 0.15) is 26.2 Å². The van der Waals surface area contributed by atoms with Crippen molar-refractivity contribution in [1.82, 2.24) is 5.32 Å². The molecule has 2 atom stereocenters. The van der Waals surface area contributed by atoms with Gasteiger partial charge in [0.25, 0.3) is 0 Å². The fraction of sp³-hybridized carbons (Fsp3) is 0.727. The number of allylic oxidation sites excluding steroid dienone is 1. The molecule has 0 aromatic carbocycles. The summed E-state index contributed by atoms with van der Waals surface area (Å²) in [5, 5.41) is 3.30. The van der Waals surface area contributed by atoms with Crippen LogP contribution >= 0.6 is 0 Å². The molecule has 2 aliphatic rings. The van der Waals surface area contributed by atoms with E-state index in [9.17, 15) is 4.79 Å². The summed E-state index contributed by atoms with van der Waals surface area (Å²) >= 11 is 0. The Morgan fingerprint density at radius 3 is 3.07 bits per heavy atom. The predicted octanol–water partition coefficient (Wildman–Crippen LogP) is 1.25. The molecule has 0 saturated carbocycles. The normalized spacial score (nSPS) is 32.2. The predicted molar refractivity (Wildman–Crippen MR) is 53.8 cm³/mol. The smallest absolute Gasteiger partial charge is 0.166 e. The number of hydrogen-bond donors (Lipinski definition) is 1. The lowest BCUT2D eigenvalue weighted by Crippen LogP contribution is -2.29. The van der Waals surface area contributed by atoms with E-state index >= 15 is 0 Å². The first-order valence-corrected chi connectivity index (χ1v) is 5.37. The van der Waals surface area contributed by atoms with E-state index in [-0.39, 0.29) is 5.92 Å². The van der Waals surface area contributed by atoms with Gasteiger partial charge in [-0.1, -0.05) is 0 Å². The highest BCUT2D eigenvalue weighted by molar-refractivity contribution is 5.97. The lowest BCUT2D eigenvalue weighted by atomic mass is 9.90. The summed E-state index contributed by atoms with van der Waals surface area (Å²) in [6.07, 6.45) is 4.50. The van der Waals surface area contributed by atoms with Crippen LogP contribution in [0.2, 0.25) is 0 Å². The molecule has 2 heterocycles. The summed E-state index contributed by atoms with van der Waals surface area (Å²) < 4.78 is 5.19. The van der Waals surface area contributed by atoms with E-state index in [1.54, 1.807) is 6.26 Å². The molecular weight excluding hydrogens is 178 g/mol. The molecular formula is C11H17NO2. The molecule has 2 rings (SSSR count). The minimum Gasteiger partial charge on any atom is -0.501 e. The molecule has 2 unspecified atom stereocenters. The number of Topliss-reactive ketones (excluding diaryl/α,β-unsaturated/α-hetero) is 1. The van der Waals surface area contributed by atoms with Gasteiger partial charge in [0, 0.05) is 17.5 Å². The average molecular weight is 195 g/mol. The van der Waals surface area contributed by atoms with Gasteiger partial charge in [-0.05, 0) is 32.7 Å². The summed E-state index contributed by atoms with van der Waals surface area (Å²) in [7, 11) is 0. The maximum Gasteiger partial charge on any atom is 0.166 e. The van der Waals surface area contributed by atoms with Gasteiger partial charge in [-0.15, -0.1) is 0 Å². The van der Waals surface area contributed by atoms with Crippen molar-refractivity contribution in [2.24, 2.45) is 5.92 Å². The molecule has 14 heavy (non-hydrogen) atoms. The Morgan fingerprint density at radius 2 is 2.50 bits per heavy atom. The minimum absolute atomic E-state index is 0.169.